The van der Waals surface area contributed by atoms with Gasteiger partial charge in [-0.25, -0.2) is 4.79 Å². The molecule has 1 amide bonds. The van der Waals surface area contributed by atoms with Crippen LogP contribution in [0.25, 0.3) is 0 Å². The van der Waals surface area contributed by atoms with Crippen molar-refractivity contribution in [1.29, 1.82) is 0 Å². The van der Waals surface area contributed by atoms with Gasteiger partial charge in [-0.15, -0.1) is 0 Å². The number of esters is 1. The van der Waals surface area contributed by atoms with Crippen molar-refractivity contribution in [3.63, 3.8) is 0 Å². The Bertz CT molecular complexity index is 638. The minimum absolute atomic E-state index is 0.0826. The Morgan fingerprint density at radius 1 is 1.24 bits per heavy atom. The maximum absolute atomic E-state index is 12.7. The van der Waals surface area contributed by atoms with Crippen molar-refractivity contribution in [2.75, 3.05) is 41.0 Å². The van der Waals surface area contributed by atoms with Gasteiger partial charge in [0.2, 0.25) is 5.91 Å². The van der Waals surface area contributed by atoms with Crippen LogP contribution in [0.4, 0.5) is 0 Å². The molecule has 0 radical (unpaired) electrons. The lowest BCUT2D eigenvalue weighted by Gasteiger charge is -2.22. The van der Waals surface area contributed by atoms with Crippen LogP contribution in [0.2, 0.25) is 0 Å². The zero-order valence-corrected chi connectivity index (χ0v) is 15.7. The minimum Gasteiger partial charge on any atom is -0.465 e. The number of amides is 1. The third-order valence-electron chi connectivity index (χ3n) is 4.14. The van der Waals surface area contributed by atoms with E-state index in [-0.39, 0.29) is 18.2 Å². The van der Waals surface area contributed by atoms with E-state index < -0.39 is 12.0 Å². The summed E-state index contributed by atoms with van der Waals surface area (Å²) in [6.45, 7) is 6.07. The van der Waals surface area contributed by atoms with Gasteiger partial charge < -0.3 is 19.8 Å². The van der Waals surface area contributed by atoms with Crippen LogP contribution in [0.3, 0.4) is 0 Å². The third kappa shape index (κ3) is 5.14. The van der Waals surface area contributed by atoms with Gasteiger partial charge in [0.1, 0.15) is 0 Å². The number of aryl methyl sites for hydroxylation is 1. The maximum Gasteiger partial charge on any atom is 0.339 e. The van der Waals surface area contributed by atoms with Crippen LogP contribution in [-0.2, 0) is 14.3 Å². The SMILES string of the molecule is COCCNC(=O)CN(C)[C@H](C)C(=O)c1[nH]c(C)c(C(=O)OC)c1C. The van der Waals surface area contributed by atoms with Gasteiger partial charge in [0.15, 0.2) is 5.78 Å². The molecule has 0 saturated carbocycles. The Morgan fingerprint density at radius 2 is 1.88 bits per heavy atom. The molecule has 0 aliphatic carbocycles. The first-order valence-corrected chi connectivity index (χ1v) is 8.02. The molecule has 1 aromatic rings. The van der Waals surface area contributed by atoms with E-state index in [1.807, 2.05) is 0 Å². The number of nitrogens with zero attached hydrogens (tertiary/aromatic N) is 1. The van der Waals surface area contributed by atoms with Crippen molar-refractivity contribution in [3.8, 4) is 0 Å². The van der Waals surface area contributed by atoms with Gasteiger partial charge in [-0.3, -0.25) is 14.5 Å². The van der Waals surface area contributed by atoms with Crippen molar-refractivity contribution >= 4 is 17.7 Å². The molecule has 8 nitrogen and oxygen atoms in total. The van der Waals surface area contributed by atoms with E-state index in [1.165, 1.54) is 7.11 Å². The van der Waals surface area contributed by atoms with Crippen LogP contribution < -0.4 is 5.32 Å². The van der Waals surface area contributed by atoms with E-state index >= 15 is 0 Å². The van der Waals surface area contributed by atoms with Gasteiger partial charge in [0, 0.05) is 19.3 Å². The number of Topliss-reactive ketones (excluding diaryl/α,β-unsaturated/α-hetero) is 1. The Balaban J connectivity index is 2.82. The van der Waals surface area contributed by atoms with Crippen LogP contribution in [0, 0.1) is 13.8 Å². The number of carbonyl (C=O) groups excluding carboxylic acids is 3. The molecule has 1 rings (SSSR count). The van der Waals surface area contributed by atoms with Gasteiger partial charge in [0.25, 0.3) is 0 Å². The monoisotopic (exact) mass is 353 g/mol. The molecule has 0 fully saturated rings. The highest BCUT2D eigenvalue weighted by atomic mass is 16.5. The van der Waals surface area contributed by atoms with Crippen molar-refractivity contribution in [2.24, 2.45) is 0 Å². The molecule has 1 heterocycles. The summed E-state index contributed by atoms with van der Waals surface area (Å²) in [6.07, 6.45) is 0. The number of methoxy groups -OCH3 is 2. The average molecular weight is 353 g/mol. The van der Waals surface area contributed by atoms with E-state index in [9.17, 15) is 14.4 Å². The molecule has 1 atom stereocenters. The van der Waals surface area contributed by atoms with Gasteiger partial charge in [-0.1, -0.05) is 0 Å². The summed E-state index contributed by atoms with van der Waals surface area (Å²) in [4.78, 5) is 41.1. The van der Waals surface area contributed by atoms with Crippen molar-refractivity contribution in [3.05, 3.63) is 22.5 Å². The second-order valence-electron chi connectivity index (χ2n) is 5.91. The number of hydrogen-bond donors (Lipinski definition) is 2. The van der Waals surface area contributed by atoms with E-state index in [2.05, 4.69) is 10.3 Å². The van der Waals surface area contributed by atoms with Crippen molar-refractivity contribution < 1.29 is 23.9 Å². The highest BCUT2D eigenvalue weighted by molar-refractivity contribution is 6.03. The summed E-state index contributed by atoms with van der Waals surface area (Å²) in [7, 11) is 4.56. The molecule has 0 aromatic carbocycles. The minimum atomic E-state index is -0.532. The number of aromatic nitrogens is 1. The Morgan fingerprint density at radius 3 is 2.44 bits per heavy atom. The molecule has 0 aliphatic heterocycles. The summed E-state index contributed by atoms with van der Waals surface area (Å²) >= 11 is 0. The fourth-order valence-electron chi connectivity index (χ4n) is 2.53. The average Bonchev–Trinajstić information content (AvgIpc) is 2.87. The fourth-order valence-corrected chi connectivity index (χ4v) is 2.53. The molecule has 1 aromatic heterocycles. The summed E-state index contributed by atoms with van der Waals surface area (Å²) in [6, 6.07) is -0.532. The molecular weight excluding hydrogens is 326 g/mol. The van der Waals surface area contributed by atoms with Crippen molar-refractivity contribution in [2.45, 2.75) is 26.8 Å². The third-order valence-corrected chi connectivity index (χ3v) is 4.14. The first kappa shape index (κ1) is 20.9. The smallest absolute Gasteiger partial charge is 0.339 e. The lowest BCUT2D eigenvalue weighted by Crippen LogP contribution is -2.43. The molecule has 0 bridgehead atoms. The number of H-pyrrole nitrogens is 1. The topological polar surface area (TPSA) is 101 Å². The Labute approximate surface area is 147 Å². The van der Waals surface area contributed by atoms with Gasteiger partial charge in [-0.05, 0) is 33.4 Å². The summed E-state index contributed by atoms with van der Waals surface area (Å²) in [5.41, 5.74) is 1.87. The Kier molecular flexibility index (Phi) is 7.79. The van der Waals surface area contributed by atoms with Gasteiger partial charge in [0.05, 0.1) is 37.6 Å². The maximum atomic E-state index is 12.7. The molecule has 0 spiro atoms. The predicted octanol–water partition coefficient (Wildman–Crippen LogP) is 0.684. The Hall–Kier alpha value is -2.19. The number of carbonyl (C=O) groups is 3. The standard InChI is InChI=1S/C17H27N3O5/c1-10-14(17(23)25-6)11(2)19-15(10)16(22)12(3)20(4)9-13(21)18-7-8-24-5/h12,19H,7-9H2,1-6H3,(H,18,21)/t12-/m1/s1. The van der Waals surface area contributed by atoms with Crippen LogP contribution in [0.5, 0.6) is 0 Å². The second-order valence-corrected chi connectivity index (χ2v) is 5.91. The molecular formula is C17H27N3O5. The summed E-state index contributed by atoms with van der Waals surface area (Å²) < 4.78 is 9.63. The molecule has 2 N–H and O–H groups in total. The van der Waals surface area contributed by atoms with Gasteiger partial charge >= 0.3 is 5.97 Å². The number of hydrogen-bond acceptors (Lipinski definition) is 6. The summed E-state index contributed by atoms with van der Waals surface area (Å²) in [5, 5.41) is 2.71. The number of aromatic amines is 1. The normalized spacial score (nSPS) is 12.1. The predicted molar refractivity (Wildman–Crippen MR) is 92.9 cm³/mol. The second kappa shape index (κ2) is 9.33. The quantitative estimate of drug-likeness (QED) is 0.385. The van der Waals surface area contributed by atoms with Crippen LogP contribution >= 0.6 is 0 Å². The number of ether oxygens (including phenoxy) is 2. The highest BCUT2D eigenvalue weighted by Crippen LogP contribution is 2.21. The van der Waals surface area contributed by atoms with Crippen molar-refractivity contribution in [1.82, 2.24) is 15.2 Å². The first-order chi connectivity index (χ1) is 11.7. The highest BCUT2D eigenvalue weighted by Gasteiger charge is 2.27. The number of ketones is 1. The fraction of sp³-hybridized carbons (Fsp3) is 0.588. The number of nitrogens with one attached hydrogen (secondary N) is 2. The summed E-state index contributed by atoms with van der Waals surface area (Å²) in [5.74, 6) is -0.861. The van der Waals surface area contributed by atoms with Crippen LogP contribution in [-0.4, -0.2) is 74.5 Å². The van der Waals surface area contributed by atoms with E-state index in [0.29, 0.717) is 35.7 Å². The zero-order chi connectivity index (χ0) is 19.1. The lowest BCUT2D eigenvalue weighted by atomic mass is 10.0. The van der Waals surface area contributed by atoms with E-state index in [0.717, 1.165) is 0 Å². The molecule has 0 saturated heterocycles. The van der Waals surface area contributed by atoms with E-state index in [4.69, 9.17) is 9.47 Å². The van der Waals surface area contributed by atoms with E-state index in [1.54, 1.807) is 39.8 Å². The molecule has 0 unspecified atom stereocenters. The lowest BCUT2D eigenvalue weighted by molar-refractivity contribution is -0.122. The van der Waals surface area contributed by atoms with Crippen LogP contribution in [0.1, 0.15) is 39.0 Å². The molecule has 8 heteroatoms. The largest absolute Gasteiger partial charge is 0.465 e. The molecule has 0 aliphatic rings. The number of rotatable bonds is 9. The molecule has 25 heavy (non-hydrogen) atoms. The molecule has 140 valence electrons. The first-order valence-electron chi connectivity index (χ1n) is 8.02. The van der Waals surface area contributed by atoms with Crippen LogP contribution in [0.15, 0.2) is 0 Å². The van der Waals surface area contributed by atoms with Gasteiger partial charge in [-0.2, -0.15) is 0 Å². The zero-order valence-electron chi connectivity index (χ0n) is 15.7. The number of likely N-dealkylation sites (N-methyl/N-ethyl adjacent to an activating group) is 1.